The van der Waals surface area contributed by atoms with Gasteiger partial charge in [-0.25, -0.2) is 4.39 Å². The smallest absolute Gasteiger partial charge is 0.129 e. The molecule has 1 heterocycles. The Bertz CT molecular complexity index is 595. The molecular formula is C15H19BrFN3. The first kappa shape index (κ1) is 15.2. The fourth-order valence-corrected chi connectivity index (χ4v) is 2.72. The third kappa shape index (κ3) is 3.46. The summed E-state index contributed by atoms with van der Waals surface area (Å²) in [6.07, 6.45) is 0.712. The normalized spacial score (nSPS) is 12.7. The molecule has 0 fully saturated rings. The van der Waals surface area contributed by atoms with Crippen LogP contribution >= 0.6 is 15.9 Å². The van der Waals surface area contributed by atoms with Crippen molar-refractivity contribution in [2.45, 2.75) is 26.3 Å². The topological polar surface area (TPSA) is 29.9 Å². The van der Waals surface area contributed by atoms with Crippen molar-refractivity contribution in [3.05, 3.63) is 51.5 Å². The maximum absolute atomic E-state index is 14.1. The van der Waals surface area contributed by atoms with Crippen molar-refractivity contribution in [1.82, 2.24) is 15.1 Å². The van der Waals surface area contributed by atoms with Crippen LogP contribution in [-0.2, 0) is 13.5 Å². The van der Waals surface area contributed by atoms with Gasteiger partial charge in [-0.1, -0.05) is 28.9 Å². The third-order valence-electron chi connectivity index (χ3n) is 3.30. The van der Waals surface area contributed by atoms with Crippen LogP contribution in [0.25, 0.3) is 0 Å². The molecule has 0 bridgehead atoms. The fourth-order valence-electron chi connectivity index (χ4n) is 2.39. The Morgan fingerprint density at radius 1 is 1.40 bits per heavy atom. The van der Waals surface area contributed by atoms with E-state index in [0.717, 1.165) is 22.4 Å². The van der Waals surface area contributed by atoms with Gasteiger partial charge in [0.2, 0.25) is 0 Å². The van der Waals surface area contributed by atoms with E-state index in [-0.39, 0.29) is 11.9 Å². The minimum absolute atomic E-state index is 0.0529. The van der Waals surface area contributed by atoms with E-state index in [1.54, 1.807) is 0 Å². The van der Waals surface area contributed by atoms with Crippen LogP contribution in [0.15, 0.2) is 28.7 Å². The number of benzene rings is 1. The van der Waals surface area contributed by atoms with Gasteiger partial charge in [0.1, 0.15) is 5.82 Å². The molecule has 1 aromatic heterocycles. The summed E-state index contributed by atoms with van der Waals surface area (Å²) >= 11 is 3.29. The molecule has 0 spiro atoms. The second-order valence-corrected chi connectivity index (χ2v) is 5.80. The number of aromatic nitrogens is 2. The summed E-state index contributed by atoms with van der Waals surface area (Å²) < 4.78 is 16.8. The van der Waals surface area contributed by atoms with Crippen LogP contribution in [-0.4, -0.2) is 16.3 Å². The Balaban J connectivity index is 2.29. The molecule has 1 unspecified atom stereocenters. The summed E-state index contributed by atoms with van der Waals surface area (Å²) in [4.78, 5) is 0. The molecule has 108 valence electrons. The Morgan fingerprint density at radius 3 is 2.70 bits per heavy atom. The molecule has 1 N–H and O–H groups in total. The minimum atomic E-state index is -0.191. The van der Waals surface area contributed by atoms with Gasteiger partial charge in [0, 0.05) is 35.2 Å². The molecule has 0 aliphatic carbocycles. The van der Waals surface area contributed by atoms with Crippen LogP contribution in [0, 0.1) is 12.7 Å². The van der Waals surface area contributed by atoms with Gasteiger partial charge in [-0.15, -0.1) is 0 Å². The Labute approximate surface area is 127 Å². The monoisotopic (exact) mass is 339 g/mol. The molecule has 1 aromatic carbocycles. The maximum atomic E-state index is 14.1. The van der Waals surface area contributed by atoms with E-state index in [4.69, 9.17) is 0 Å². The summed E-state index contributed by atoms with van der Waals surface area (Å²) in [5.74, 6) is -0.191. The highest BCUT2D eigenvalue weighted by atomic mass is 79.9. The molecule has 0 saturated carbocycles. The summed E-state index contributed by atoms with van der Waals surface area (Å²) in [5, 5.41) is 7.69. The van der Waals surface area contributed by atoms with Gasteiger partial charge < -0.3 is 5.32 Å². The third-order valence-corrected chi connectivity index (χ3v) is 3.79. The van der Waals surface area contributed by atoms with Gasteiger partial charge in [-0.3, -0.25) is 4.68 Å². The van der Waals surface area contributed by atoms with E-state index in [0.29, 0.717) is 12.0 Å². The van der Waals surface area contributed by atoms with Crippen LogP contribution in [0.4, 0.5) is 4.39 Å². The number of hydrogen-bond donors (Lipinski definition) is 1. The number of hydrogen-bond acceptors (Lipinski definition) is 2. The molecule has 1 atom stereocenters. The van der Waals surface area contributed by atoms with Gasteiger partial charge in [0.05, 0.1) is 5.69 Å². The highest BCUT2D eigenvalue weighted by molar-refractivity contribution is 9.10. The second-order valence-electron chi connectivity index (χ2n) is 4.88. The standard InChI is InChI=1S/C15H19BrFN3/c1-4-18-15(9-12-7-10(2)19-20(12)3)13-6-5-11(16)8-14(13)17/h5-8,15,18H,4,9H2,1-3H3. The lowest BCUT2D eigenvalue weighted by Crippen LogP contribution is -2.24. The first-order chi connectivity index (χ1) is 9.51. The molecule has 3 nitrogen and oxygen atoms in total. The first-order valence-electron chi connectivity index (χ1n) is 6.69. The molecule has 2 aromatic rings. The van der Waals surface area contributed by atoms with E-state index < -0.39 is 0 Å². The lowest BCUT2D eigenvalue weighted by molar-refractivity contribution is 0.496. The van der Waals surface area contributed by atoms with Crippen molar-refractivity contribution >= 4 is 15.9 Å². The van der Waals surface area contributed by atoms with Gasteiger partial charge >= 0.3 is 0 Å². The number of halogens is 2. The number of nitrogens with zero attached hydrogens (tertiary/aromatic N) is 2. The van der Waals surface area contributed by atoms with Crippen molar-refractivity contribution in [3.63, 3.8) is 0 Å². The van der Waals surface area contributed by atoms with Crippen LogP contribution in [0.1, 0.15) is 29.9 Å². The lowest BCUT2D eigenvalue weighted by Gasteiger charge is -2.19. The Kier molecular flexibility index (Phi) is 4.94. The van der Waals surface area contributed by atoms with Gasteiger partial charge in [0.15, 0.2) is 0 Å². The average molecular weight is 340 g/mol. The number of likely N-dealkylation sites (N-methyl/N-ethyl adjacent to an activating group) is 1. The highest BCUT2D eigenvalue weighted by Crippen LogP contribution is 2.24. The molecule has 0 amide bonds. The SMILES string of the molecule is CCNC(Cc1cc(C)nn1C)c1ccc(Br)cc1F. The summed E-state index contributed by atoms with van der Waals surface area (Å²) in [6, 6.07) is 7.20. The average Bonchev–Trinajstić information content (AvgIpc) is 2.67. The van der Waals surface area contributed by atoms with E-state index in [2.05, 4.69) is 26.3 Å². The quantitative estimate of drug-likeness (QED) is 0.903. The predicted octanol–water partition coefficient (Wildman–Crippen LogP) is 3.52. The van der Waals surface area contributed by atoms with E-state index >= 15 is 0 Å². The van der Waals surface area contributed by atoms with Crippen molar-refractivity contribution in [2.24, 2.45) is 7.05 Å². The fraction of sp³-hybridized carbons (Fsp3) is 0.400. The molecule has 0 saturated heterocycles. The van der Waals surface area contributed by atoms with Crippen LogP contribution in [0.2, 0.25) is 0 Å². The van der Waals surface area contributed by atoms with E-state index in [1.807, 2.05) is 43.8 Å². The maximum Gasteiger partial charge on any atom is 0.129 e. The van der Waals surface area contributed by atoms with Crippen LogP contribution in [0.3, 0.4) is 0 Å². The summed E-state index contributed by atoms with van der Waals surface area (Å²) in [6.45, 7) is 4.78. The first-order valence-corrected chi connectivity index (χ1v) is 7.48. The molecule has 0 aliphatic rings. The van der Waals surface area contributed by atoms with E-state index in [1.165, 1.54) is 6.07 Å². The zero-order valence-corrected chi connectivity index (χ0v) is 13.5. The number of rotatable bonds is 5. The van der Waals surface area contributed by atoms with Crippen molar-refractivity contribution in [2.75, 3.05) is 6.54 Å². The van der Waals surface area contributed by atoms with Crippen molar-refractivity contribution in [3.8, 4) is 0 Å². The van der Waals surface area contributed by atoms with Gasteiger partial charge in [0.25, 0.3) is 0 Å². The second kappa shape index (κ2) is 6.50. The zero-order valence-electron chi connectivity index (χ0n) is 12.0. The molecule has 2 rings (SSSR count). The number of aryl methyl sites for hydroxylation is 2. The molecule has 5 heteroatoms. The summed E-state index contributed by atoms with van der Waals surface area (Å²) in [7, 11) is 1.92. The molecule has 0 radical (unpaired) electrons. The van der Waals surface area contributed by atoms with Gasteiger partial charge in [-0.05, 0) is 31.7 Å². The van der Waals surface area contributed by atoms with Crippen LogP contribution < -0.4 is 5.32 Å². The molecule has 0 aliphatic heterocycles. The minimum Gasteiger partial charge on any atom is -0.310 e. The lowest BCUT2D eigenvalue weighted by atomic mass is 10.0. The number of nitrogens with one attached hydrogen (secondary N) is 1. The van der Waals surface area contributed by atoms with Crippen LogP contribution in [0.5, 0.6) is 0 Å². The van der Waals surface area contributed by atoms with Gasteiger partial charge in [-0.2, -0.15) is 5.10 Å². The zero-order chi connectivity index (χ0) is 14.7. The molecule has 20 heavy (non-hydrogen) atoms. The highest BCUT2D eigenvalue weighted by Gasteiger charge is 2.17. The van der Waals surface area contributed by atoms with Crippen molar-refractivity contribution < 1.29 is 4.39 Å². The Morgan fingerprint density at radius 2 is 2.15 bits per heavy atom. The predicted molar refractivity (Wildman–Crippen MR) is 82.2 cm³/mol. The summed E-state index contributed by atoms with van der Waals surface area (Å²) in [5.41, 5.74) is 2.76. The largest absolute Gasteiger partial charge is 0.310 e. The molecular weight excluding hydrogens is 321 g/mol. The van der Waals surface area contributed by atoms with Crippen molar-refractivity contribution in [1.29, 1.82) is 0 Å². The Hall–Kier alpha value is -1.20. The van der Waals surface area contributed by atoms with E-state index in [9.17, 15) is 4.39 Å².